The Bertz CT molecular complexity index is 527. The van der Waals surface area contributed by atoms with Gasteiger partial charge in [-0.25, -0.2) is 0 Å². The largest absolute Gasteiger partial charge is 0.507 e. The van der Waals surface area contributed by atoms with Gasteiger partial charge in [-0.05, 0) is 5.39 Å². The zero-order valence-electron chi connectivity index (χ0n) is 9.11. The summed E-state index contributed by atoms with van der Waals surface area (Å²) >= 11 is 3.92. The molecule has 4 heteroatoms. The maximum absolute atomic E-state index is 10.1. The second-order valence-corrected chi connectivity index (χ2v) is 4.28. The third-order valence-corrected chi connectivity index (χ3v) is 3.18. The number of rotatable bonds is 3. The lowest BCUT2D eigenvalue weighted by atomic mass is 9.99. The van der Waals surface area contributed by atoms with Gasteiger partial charge in [0.05, 0.1) is 6.10 Å². The maximum atomic E-state index is 10.1. The van der Waals surface area contributed by atoms with Gasteiger partial charge in [0, 0.05) is 16.7 Å². The van der Waals surface area contributed by atoms with Crippen LogP contribution in [0.5, 0.6) is 5.75 Å². The molecule has 0 bridgehead atoms. The first-order valence-corrected chi connectivity index (χ1v) is 5.96. The fourth-order valence-corrected chi connectivity index (χ4v) is 2.02. The Morgan fingerprint density at radius 3 is 2.47 bits per heavy atom. The summed E-state index contributed by atoms with van der Waals surface area (Å²) in [4.78, 5) is 0. The zero-order valence-corrected chi connectivity index (χ0v) is 10.0. The van der Waals surface area contributed by atoms with E-state index in [1.807, 2.05) is 18.2 Å². The van der Waals surface area contributed by atoms with Crippen LogP contribution in [0.1, 0.15) is 11.7 Å². The van der Waals surface area contributed by atoms with Crippen molar-refractivity contribution in [3.05, 3.63) is 42.0 Å². The third kappa shape index (κ3) is 2.24. The van der Waals surface area contributed by atoms with E-state index in [4.69, 9.17) is 0 Å². The van der Waals surface area contributed by atoms with Crippen molar-refractivity contribution >= 4 is 23.4 Å². The van der Waals surface area contributed by atoms with Gasteiger partial charge >= 0.3 is 0 Å². The van der Waals surface area contributed by atoms with E-state index in [2.05, 4.69) is 12.6 Å². The maximum Gasteiger partial charge on any atom is 0.129 e. The van der Waals surface area contributed by atoms with Gasteiger partial charge in [0.2, 0.25) is 0 Å². The molecule has 0 saturated heterocycles. The average Bonchev–Trinajstić information content (AvgIpc) is 2.38. The molecule has 3 N–H and O–H groups in total. The molecule has 2 aromatic rings. The van der Waals surface area contributed by atoms with Crippen molar-refractivity contribution in [2.45, 2.75) is 12.2 Å². The Balaban J connectivity index is 2.52. The number of thiol groups is 1. The summed E-state index contributed by atoms with van der Waals surface area (Å²) in [5.74, 6) is 0.143. The van der Waals surface area contributed by atoms with E-state index in [0.717, 1.165) is 5.39 Å². The highest BCUT2D eigenvalue weighted by Gasteiger charge is 2.21. The Morgan fingerprint density at radius 1 is 1.06 bits per heavy atom. The molecule has 0 fully saturated rings. The van der Waals surface area contributed by atoms with Crippen molar-refractivity contribution < 1.29 is 15.3 Å². The van der Waals surface area contributed by atoms with Crippen molar-refractivity contribution in [3.8, 4) is 5.75 Å². The molecule has 0 saturated carbocycles. The minimum absolute atomic E-state index is 0.0106. The highest BCUT2D eigenvalue weighted by Crippen LogP contribution is 2.33. The number of phenols is 1. The first-order valence-electron chi connectivity index (χ1n) is 5.32. The minimum Gasteiger partial charge on any atom is -0.507 e. The van der Waals surface area contributed by atoms with E-state index < -0.39 is 12.2 Å². The molecule has 2 unspecified atom stereocenters. The third-order valence-electron chi connectivity index (χ3n) is 2.80. The monoisotopic (exact) mass is 250 g/mol. The SMILES string of the molecule is Oc1c(C(O)C(O)CS)ccc2ccccc12. The second-order valence-electron chi connectivity index (χ2n) is 3.92. The summed E-state index contributed by atoms with van der Waals surface area (Å²) in [6.07, 6.45) is -2.12. The van der Waals surface area contributed by atoms with Crippen molar-refractivity contribution in [1.29, 1.82) is 0 Å². The average molecular weight is 250 g/mol. The minimum atomic E-state index is -1.13. The number of phenolic OH excluding ortho intramolecular Hbond substituents is 1. The van der Waals surface area contributed by atoms with Crippen LogP contribution in [-0.4, -0.2) is 27.2 Å². The molecule has 90 valence electrons. The zero-order chi connectivity index (χ0) is 12.4. The van der Waals surface area contributed by atoms with Crippen LogP contribution in [0.4, 0.5) is 0 Å². The van der Waals surface area contributed by atoms with Gasteiger partial charge in [-0.15, -0.1) is 0 Å². The van der Waals surface area contributed by atoms with Gasteiger partial charge in [0.15, 0.2) is 0 Å². The summed E-state index contributed by atoms with van der Waals surface area (Å²) in [5.41, 5.74) is 0.324. The summed E-state index contributed by atoms with van der Waals surface area (Å²) in [7, 11) is 0. The molecule has 0 heterocycles. The molecule has 0 aromatic heterocycles. The molecule has 2 rings (SSSR count). The summed E-state index contributed by atoms with van der Waals surface area (Å²) in [5, 5.41) is 31.0. The fourth-order valence-electron chi connectivity index (χ4n) is 1.82. The molecule has 3 nitrogen and oxygen atoms in total. The highest BCUT2D eigenvalue weighted by molar-refractivity contribution is 7.80. The van der Waals surface area contributed by atoms with Gasteiger partial charge < -0.3 is 15.3 Å². The number of fused-ring (bicyclic) bond motifs is 1. The molecule has 0 amide bonds. The van der Waals surface area contributed by atoms with E-state index >= 15 is 0 Å². The second kappa shape index (κ2) is 4.96. The van der Waals surface area contributed by atoms with Crippen LogP contribution in [0.15, 0.2) is 36.4 Å². The molecular formula is C13H14O3S. The van der Waals surface area contributed by atoms with Gasteiger partial charge in [0.25, 0.3) is 0 Å². The molecule has 0 aliphatic heterocycles. The van der Waals surface area contributed by atoms with Gasteiger partial charge in [-0.2, -0.15) is 12.6 Å². The summed E-state index contributed by atoms with van der Waals surface area (Å²) in [6, 6.07) is 10.8. The molecule has 0 aliphatic rings. The number of benzene rings is 2. The van der Waals surface area contributed by atoms with E-state index in [1.54, 1.807) is 18.2 Å². The Kier molecular flexibility index (Phi) is 3.57. The van der Waals surface area contributed by atoms with Crippen LogP contribution in [0.2, 0.25) is 0 Å². The van der Waals surface area contributed by atoms with Crippen LogP contribution in [0, 0.1) is 0 Å². The van der Waals surface area contributed by atoms with Crippen LogP contribution in [0.25, 0.3) is 10.8 Å². The quantitative estimate of drug-likeness (QED) is 0.629. The molecule has 0 spiro atoms. The first kappa shape index (κ1) is 12.2. The topological polar surface area (TPSA) is 60.7 Å². The molecule has 2 atom stereocenters. The van der Waals surface area contributed by atoms with E-state index in [-0.39, 0.29) is 11.5 Å². The number of hydrogen-bond acceptors (Lipinski definition) is 4. The van der Waals surface area contributed by atoms with E-state index in [9.17, 15) is 15.3 Å². The lowest BCUT2D eigenvalue weighted by Crippen LogP contribution is -2.19. The van der Waals surface area contributed by atoms with Crippen molar-refractivity contribution in [2.24, 2.45) is 0 Å². The summed E-state index contributed by atoms with van der Waals surface area (Å²) < 4.78 is 0. The molecular weight excluding hydrogens is 236 g/mol. The normalized spacial score (nSPS) is 14.8. The number of aromatic hydroxyl groups is 1. The lowest BCUT2D eigenvalue weighted by Gasteiger charge is -2.18. The Hall–Kier alpha value is -1.23. The van der Waals surface area contributed by atoms with Crippen molar-refractivity contribution in [1.82, 2.24) is 0 Å². The predicted octanol–water partition coefficient (Wildman–Crippen LogP) is 1.87. The number of hydrogen-bond donors (Lipinski definition) is 4. The van der Waals surface area contributed by atoms with Crippen LogP contribution in [0.3, 0.4) is 0 Å². The Morgan fingerprint density at radius 2 is 1.76 bits per heavy atom. The fraction of sp³-hybridized carbons (Fsp3) is 0.231. The lowest BCUT2D eigenvalue weighted by molar-refractivity contribution is 0.0324. The molecule has 2 aromatic carbocycles. The van der Waals surface area contributed by atoms with E-state index in [1.165, 1.54) is 0 Å². The van der Waals surface area contributed by atoms with Crippen LogP contribution < -0.4 is 0 Å². The molecule has 17 heavy (non-hydrogen) atoms. The first-order chi connectivity index (χ1) is 8.15. The Labute approximate surface area is 105 Å². The van der Waals surface area contributed by atoms with Crippen LogP contribution >= 0.6 is 12.6 Å². The molecule has 0 radical (unpaired) electrons. The van der Waals surface area contributed by atoms with Gasteiger partial charge in [-0.3, -0.25) is 0 Å². The standard InChI is InChI=1S/C13H14O3S/c14-11(7-17)13(16)10-6-5-8-3-1-2-4-9(8)12(10)15/h1-6,11,13-17H,7H2. The summed E-state index contributed by atoms with van der Waals surface area (Å²) in [6.45, 7) is 0. The number of aliphatic hydroxyl groups excluding tert-OH is 2. The van der Waals surface area contributed by atoms with Gasteiger partial charge in [-0.1, -0.05) is 36.4 Å². The smallest absolute Gasteiger partial charge is 0.129 e. The molecule has 0 aliphatic carbocycles. The predicted molar refractivity (Wildman–Crippen MR) is 70.4 cm³/mol. The van der Waals surface area contributed by atoms with Gasteiger partial charge in [0.1, 0.15) is 11.9 Å². The van der Waals surface area contributed by atoms with Crippen LogP contribution in [-0.2, 0) is 0 Å². The van der Waals surface area contributed by atoms with Crippen molar-refractivity contribution in [2.75, 3.05) is 5.75 Å². The van der Waals surface area contributed by atoms with E-state index in [0.29, 0.717) is 10.9 Å². The number of aliphatic hydroxyl groups is 2. The highest BCUT2D eigenvalue weighted by atomic mass is 32.1. The van der Waals surface area contributed by atoms with Crippen molar-refractivity contribution in [3.63, 3.8) is 0 Å².